The van der Waals surface area contributed by atoms with Gasteiger partial charge >= 0.3 is 12.1 Å². The Morgan fingerprint density at radius 3 is 2.09 bits per heavy atom. The van der Waals surface area contributed by atoms with Gasteiger partial charge in [0.15, 0.2) is 6.04 Å². The van der Waals surface area contributed by atoms with Gasteiger partial charge in [-0.15, -0.1) is 0 Å². The fraction of sp³-hybridized carbons (Fsp3) is 0.147. The van der Waals surface area contributed by atoms with Gasteiger partial charge < -0.3 is 20.1 Å². The maximum absolute atomic E-state index is 13.6. The molecule has 0 fully saturated rings. The molecule has 2 N–H and O–H groups in total. The van der Waals surface area contributed by atoms with Crippen molar-refractivity contribution in [3.8, 4) is 11.1 Å². The first kappa shape index (κ1) is 31.7. The second kappa shape index (κ2) is 14.3. The minimum atomic E-state index is -4.64. The number of carboxylic acids is 1. The van der Waals surface area contributed by atoms with Crippen LogP contribution < -0.4 is 5.32 Å². The summed E-state index contributed by atoms with van der Waals surface area (Å²) in [6.45, 7) is -0.284. The van der Waals surface area contributed by atoms with Crippen LogP contribution in [0.3, 0.4) is 0 Å². The normalized spacial score (nSPS) is 12.3. The van der Waals surface area contributed by atoms with Gasteiger partial charge in [-0.05, 0) is 52.6 Å². The van der Waals surface area contributed by atoms with Crippen LogP contribution in [-0.4, -0.2) is 47.5 Å². The maximum Gasteiger partial charge on any atom is 0.416 e. The standard InChI is InChI=1S/C34H29F3N2O5/c1-39(30(33(42)43)22-44-21-23-9-4-2-5-10-23)32(41)29(20-24-11-8-14-28(19-24)34(35,36)37)38-31(40)27-17-15-26(16-18-27)25-12-6-3-7-13-25/h2-20,30H,21-22H2,1H3,(H,38,40)(H,42,43)/b29-20+. The number of alkyl halides is 3. The molecular formula is C34H29F3N2O5. The Labute approximate surface area is 252 Å². The highest BCUT2D eigenvalue weighted by atomic mass is 19.4. The van der Waals surface area contributed by atoms with E-state index >= 15 is 0 Å². The van der Waals surface area contributed by atoms with Crippen LogP contribution in [-0.2, 0) is 27.1 Å². The zero-order valence-corrected chi connectivity index (χ0v) is 23.6. The monoisotopic (exact) mass is 602 g/mol. The first-order valence-electron chi connectivity index (χ1n) is 13.5. The predicted octanol–water partition coefficient (Wildman–Crippen LogP) is 6.27. The molecule has 4 aromatic carbocycles. The molecule has 2 amide bonds. The highest BCUT2D eigenvalue weighted by Gasteiger charge is 2.32. The highest BCUT2D eigenvalue weighted by Crippen LogP contribution is 2.30. The Bertz CT molecular complexity index is 1620. The smallest absolute Gasteiger partial charge is 0.416 e. The largest absolute Gasteiger partial charge is 0.480 e. The van der Waals surface area contributed by atoms with E-state index in [4.69, 9.17) is 4.74 Å². The van der Waals surface area contributed by atoms with Gasteiger partial charge in [-0.2, -0.15) is 13.2 Å². The Morgan fingerprint density at radius 1 is 0.864 bits per heavy atom. The molecule has 0 aromatic heterocycles. The molecule has 226 valence electrons. The van der Waals surface area contributed by atoms with Gasteiger partial charge in [0.05, 0.1) is 18.8 Å². The fourth-order valence-corrected chi connectivity index (χ4v) is 4.30. The Balaban J connectivity index is 1.60. The summed E-state index contributed by atoms with van der Waals surface area (Å²) in [6, 6.07) is 27.7. The van der Waals surface area contributed by atoms with E-state index in [2.05, 4.69) is 5.32 Å². The van der Waals surface area contributed by atoms with Gasteiger partial charge in [-0.1, -0.05) is 84.9 Å². The molecule has 1 unspecified atom stereocenters. The summed E-state index contributed by atoms with van der Waals surface area (Å²) in [7, 11) is 1.22. The van der Waals surface area contributed by atoms with Gasteiger partial charge in [0.25, 0.3) is 11.8 Å². The number of hydrogen-bond donors (Lipinski definition) is 2. The zero-order chi connectivity index (χ0) is 31.7. The molecule has 0 aliphatic rings. The van der Waals surface area contributed by atoms with E-state index < -0.39 is 41.3 Å². The summed E-state index contributed by atoms with van der Waals surface area (Å²) in [5.41, 5.74) is 1.35. The van der Waals surface area contributed by atoms with Crippen LogP contribution in [0.15, 0.2) is 115 Å². The Hall–Kier alpha value is -5.22. The average Bonchev–Trinajstić information content (AvgIpc) is 3.02. The number of benzene rings is 4. The molecule has 0 heterocycles. The lowest BCUT2D eigenvalue weighted by atomic mass is 10.0. The lowest BCUT2D eigenvalue weighted by molar-refractivity contribution is -0.150. The number of carbonyl (C=O) groups is 3. The highest BCUT2D eigenvalue weighted by molar-refractivity contribution is 6.06. The lowest BCUT2D eigenvalue weighted by Crippen LogP contribution is -2.48. The summed E-state index contributed by atoms with van der Waals surface area (Å²) in [5, 5.41) is 12.3. The van der Waals surface area contributed by atoms with E-state index in [-0.39, 0.29) is 24.3 Å². The van der Waals surface area contributed by atoms with Crippen molar-refractivity contribution in [3.63, 3.8) is 0 Å². The van der Waals surface area contributed by atoms with Crippen LogP contribution in [0.25, 0.3) is 17.2 Å². The van der Waals surface area contributed by atoms with Crippen LogP contribution in [0.1, 0.15) is 27.0 Å². The van der Waals surface area contributed by atoms with Gasteiger partial charge in [-0.25, -0.2) is 4.79 Å². The molecule has 0 aliphatic carbocycles. The van der Waals surface area contributed by atoms with Gasteiger partial charge in [0.1, 0.15) is 5.70 Å². The minimum Gasteiger partial charge on any atom is -0.480 e. The first-order valence-corrected chi connectivity index (χ1v) is 13.5. The summed E-state index contributed by atoms with van der Waals surface area (Å²) < 4.78 is 45.7. The van der Waals surface area contributed by atoms with Crippen molar-refractivity contribution in [1.29, 1.82) is 0 Å². The summed E-state index contributed by atoms with van der Waals surface area (Å²) >= 11 is 0. The third kappa shape index (κ3) is 8.42. The number of halogens is 3. The molecule has 0 radical (unpaired) electrons. The third-order valence-electron chi connectivity index (χ3n) is 6.72. The second-order valence-electron chi connectivity index (χ2n) is 9.85. The molecule has 44 heavy (non-hydrogen) atoms. The van der Waals surface area contributed by atoms with Gasteiger partial charge in [0.2, 0.25) is 0 Å². The summed E-state index contributed by atoms with van der Waals surface area (Å²) in [6.07, 6.45) is -3.56. The first-order chi connectivity index (χ1) is 21.0. The van der Waals surface area contributed by atoms with Crippen LogP contribution in [0, 0.1) is 0 Å². The molecule has 4 rings (SSSR count). The van der Waals surface area contributed by atoms with E-state index in [1.165, 1.54) is 19.2 Å². The molecule has 0 saturated carbocycles. The number of carboxylic acid groups (broad SMARTS) is 1. The Morgan fingerprint density at radius 2 is 1.48 bits per heavy atom. The fourth-order valence-electron chi connectivity index (χ4n) is 4.30. The number of rotatable bonds is 11. The quantitative estimate of drug-likeness (QED) is 0.197. The zero-order valence-electron chi connectivity index (χ0n) is 23.6. The van der Waals surface area contributed by atoms with Crippen LogP contribution >= 0.6 is 0 Å². The SMILES string of the molecule is CN(C(=O)/C(=C\c1cccc(C(F)(F)F)c1)NC(=O)c1ccc(-c2ccccc2)cc1)C(COCc1ccccc1)C(=O)O. The van der Waals surface area contributed by atoms with E-state index in [1.807, 2.05) is 36.4 Å². The number of nitrogens with zero attached hydrogens (tertiary/aromatic N) is 1. The maximum atomic E-state index is 13.6. The van der Waals surface area contributed by atoms with E-state index in [1.54, 1.807) is 48.5 Å². The van der Waals surface area contributed by atoms with Gasteiger partial charge in [-0.3, -0.25) is 9.59 Å². The van der Waals surface area contributed by atoms with E-state index in [0.717, 1.165) is 39.8 Å². The predicted molar refractivity (Wildman–Crippen MR) is 159 cm³/mol. The molecule has 4 aromatic rings. The molecule has 0 saturated heterocycles. The van der Waals surface area contributed by atoms with Crippen LogP contribution in [0.2, 0.25) is 0 Å². The van der Waals surface area contributed by atoms with E-state index in [0.29, 0.717) is 0 Å². The second-order valence-corrected chi connectivity index (χ2v) is 9.85. The van der Waals surface area contributed by atoms with Crippen molar-refractivity contribution < 1.29 is 37.4 Å². The topological polar surface area (TPSA) is 95.9 Å². The van der Waals surface area contributed by atoms with Crippen LogP contribution in [0.4, 0.5) is 13.2 Å². The number of amides is 2. The number of carbonyl (C=O) groups excluding carboxylic acids is 2. The van der Waals surface area contributed by atoms with Crippen molar-refractivity contribution in [3.05, 3.63) is 137 Å². The van der Waals surface area contributed by atoms with Gasteiger partial charge in [0, 0.05) is 12.6 Å². The van der Waals surface area contributed by atoms with Crippen molar-refractivity contribution in [1.82, 2.24) is 10.2 Å². The molecule has 10 heteroatoms. The number of nitrogens with one attached hydrogen (secondary N) is 1. The van der Waals surface area contributed by atoms with Crippen molar-refractivity contribution in [2.45, 2.75) is 18.8 Å². The third-order valence-corrected chi connectivity index (χ3v) is 6.72. The number of ether oxygens (including phenoxy) is 1. The molecule has 7 nitrogen and oxygen atoms in total. The minimum absolute atomic E-state index is 0.0245. The lowest BCUT2D eigenvalue weighted by Gasteiger charge is -2.26. The summed E-state index contributed by atoms with van der Waals surface area (Å²) in [4.78, 5) is 39.8. The molecule has 0 aliphatic heterocycles. The van der Waals surface area contributed by atoms with Crippen molar-refractivity contribution >= 4 is 23.9 Å². The summed E-state index contributed by atoms with van der Waals surface area (Å²) in [5.74, 6) is -3.01. The number of hydrogen-bond acceptors (Lipinski definition) is 4. The number of likely N-dealkylation sites (N-methyl/N-ethyl adjacent to an activating group) is 1. The molecule has 1 atom stereocenters. The number of aliphatic carboxylic acids is 1. The molecule has 0 spiro atoms. The van der Waals surface area contributed by atoms with Crippen molar-refractivity contribution in [2.24, 2.45) is 0 Å². The van der Waals surface area contributed by atoms with Crippen LogP contribution in [0.5, 0.6) is 0 Å². The Kier molecular flexibility index (Phi) is 10.3. The van der Waals surface area contributed by atoms with E-state index in [9.17, 15) is 32.7 Å². The average molecular weight is 603 g/mol. The van der Waals surface area contributed by atoms with Crippen molar-refractivity contribution in [2.75, 3.05) is 13.7 Å². The molecule has 0 bridgehead atoms. The molecular weight excluding hydrogens is 573 g/mol.